The second kappa shape index (κ2) is 5.18. The summed E-state index contributed by atoms with van der Waals surface area (Å²) in [5, 5.41) is 10.4. The quantitative estimate of drug-likeness (QED) is 0.520. The second-order valence-electron chi connectivity index (χ2n) is 5.39. The number of hydrogen-bond acceptors (Lipinski definition) is 1. The van der Waals surface area contributed by atoms with Crippen molar-refractivity contribution in [3.05, 3.63) is 72.6 Å². The van der Waals surface area contributed by atoms with E-state index in [0.717, 1.165) is 33.3 Å². The Kier molecular flexibility index (Phi) is 3.01. The van der Waals surface area contributed by atoms with E-state index in [2.05, 4.69) is 9.97 Å². The molecule has 0 unspecified atom stereocenters. The molecular weight excluding hydrogens is 288 g/mol. The molecule has 0 spiro atoms. The molecule has 0 radical (unpaired) electrons. The van der Waals surface area contributed by atoms with E-state index in [4.69, 9.17) is 0 Å². The lowest BCUT2D eigenvalue weighted by atomic mass is 9.99. The van der Waals surface area contributed by atoms with Crippen molar-refractivity contribution in [2.75, 3.05) is 0 Å². The topological polar surface area (TPSA) is 68.9 Å². The Hall–Kier alpha value is -3.27. The van der Waals surface area contributed by atoms with Crippen molar-refractivity contribution in [1.82, 2.24) is 9.97 Å². The van der Waals surface area contributed by atoms with Gasteiger partial charge in [0.1, 0.15) is 5.69 Å². The lowest BCUT2D eigenvalue weighted by molar-refractivity contribution is 0.0691. The van der Waals surface area contributed by atoms with Crippen LogP contribution in [0.2, 0.25) is 0 Å². The third kappa shape index (κ3) is 2.21. The average molecular weight is 302 g/mol. The monoisotopic (exact) mass is 302 g/mol. The first-order chi connectivity index (χ1) is 11.2. The highest BCUT2D eigenvalue weighted by molar-refractivity contribution is 6.00. The van der Waals surface area contributed by atoms with Crippen molar-refractivity contribution >= 4 is 16.9 Å². The van der Waals surface area contributed by atoms with Gasteiger partial charge >= 0.3 is 5.97 Å². The maximum absolute atomic E-state index is 11.4. The van der Waals surface area contributed by atoms with E-state index in [9.17, 15) is 9.90 Å². The molecule has 4 heteroatoms. The van der Waals surface area contributed by atoms with Crippen LogP contribution in [0.1, 0.15) is 10.5 Å². The molecule has 0 aliphatic heterocycles. The second-order valence-corrected chi connectivity index (χ2v) is 5.39. The molecule has 4 rings (SSSR count). The van der Waals surface area contributed by atoms with Gasteiger partial charge in [0.05, 0.1) is 5.69 Å². The molecule has 3 N–H and O–H groups in total. The molecule has 0 aliphatic rings. The minimum absolute atomic E-state index is 0.186. The standard InChI is InChI=1S/C19H14N2O2/c22-19(23)17-11-15(12-5-2-1-3-6-12)18(21-17)14-7-4-8-16-13(14)9-10-20-16/h1-11,20-21H,(H,22,23). The van der Waals surface area contributed by atoms with Crippen LogP contribution in [0.3, 0.4) is 0 Å². The van der Waals surface area contributed by atoms with Crippen LogP contribution in [-0.4, -0.2) is 21.0 Å². The highest BCUT2D eigenvalue weighted by atomic mass is 16.4. The largest absolute Gasteiger partial charge is 0.477 e. The van der Waals surface area contributed by atoms with Crippen molar-refractivity contribution in [3.63, 3.8) is 0 Å². The number of carboxylic acids is 1. The first-order valence-electron chi connectivity index (χ1n) is 7.32. The van der Waals surface area contributed by atoms with Crippen LogP contribution in [0.15, 0.2) is 66.9 Å². The molecule has 0 aliphatic carbocycles. The Morgan fingerprint density at radius 3 is 2.52 bits per heavy atom. The average Bonchev–Trinajstić information content (AvgIpc) is 3.22. The molecule has 0 amide bonds. The number of aromatic carboxylic acids is 1. The molecule has 23 heavy (non-hydrogen) atoms. The van der Waals surface area contributed by atoms with Gasteiger partial charge in [-0.2, -0.15) is 0 Å². The molecule has 0 bridgehead atoms. The number of aromatic nitrogens is 2. The summed E-state index contributed by atoms with van der Waals surface area (Å²) >= 11 is 0. The van der Waals surface area contributed by atoms with Gasteiger partial charge in [0, 0.05) is 28.2 Å². The fraction of sp³-hybridized carbons (Fsp3) is 0. The van der Waals surface area contributed by atoms with E-state index in [-0.39, 0.29) is 5.69 Å². The summed E-state index contributed by atoms with van der Waals surface area (Å²) in [6.45, 7) is 0. The van der Waals surface area contributed by atoms with E-state index in [0.29, 0.717) is 0 Å². The van der Waals surface area contributed by atoms with Crippen LogP contribution in [0, 0.1) is 0 Å². The SMILES string of the molecule is O=C(O)c1cc(-c2ccccc2)c(-c2cccc3[nH]ccc23)[nH]1. The van der Waals surface area contributed by atoms with Crippen LogP contribution in [0.5, 0.6) is 0 Å². The smallest absolute Gasteiger partial charge is 0.352 e. The zero-order valence-corrected chi connectivity index (χ0v) is 12.2. The van der Waals surface area contributed by atoms with Gasteiger partial charge in [0.2, 0.25) is 0 Å². The molecule has 4 nitrogen and oxygen atoms in total. The lowest BCUT2D eigenvalue weighted by Crippen LogP contribution is -1.95. The molecule has 0 fully saturated rings. The first kappa shape index (κ1) is 13.4. The fourth-order valence-corrected chi connectivity index (χ4v) is 2.93. The number of H-pyrrole nitrogens is 2. The van der Waals surface area contributed by atoms with Crippen LogP contribution in [-0.2, 0) is 0 Å². The van der Waals surface area contributed by atoms with Gasteiger partial charge in [-0.05, 0) is 23.8 Å². The third-order valence-corrected chi connectivity index (χ3v) is 4.00. The van der Waals surface area contributed by atoms with E-state index in [1.165, 1.54) is 0 Å². The Morgan fingerprint density at radius 1 is 0.913 bits per heavy atom. The Balaban J connectivity index is 2.01. The number of carbonyl (C=O) groups is 1. The zero-order chi connectivity index (χ0) is 15.8. The molecule has 2 aromatic heterocycles. The van der Waals surface area contributed by atoms with Gasteiger partial charge < -0.3 is 15.1 Å². The summed E-state index contributed by atoms with van der Waals surface area (Å²) < 4.78 is 0. The number of carboxylic acid groups (broad SMARTS) is 1. The predicted molar refractivity (Wildman–Crippen MR) is 90.5 cm³/mol. The summed E-state index contributed by atoms with van der Waals surface area (Å²) in [6.07, 6.45) is 1.89. The van der Waals surface area contributed by atoms with Gasteiger partial charge in [0.25, 0.3) is 0 Å². The fourth-order valence-electron chi connectivity index (χ4n) is 2.93. The molecule has 112 valence electrons. The van der Waals surface area contributed by atoms with Crippen molar-refractivity contribution in [3.8, 4) is 22.4 Å². The van der Waals surface area contributed by atoms with E-state index in [1.54, 1.807) is 6.07 Å². The minimum Gasteiger partial charge on any atom is -0.477 e. The Morgan fingerprint density at radius 2 is 1.74 bits per heavy atom. The lowest BCUT2D eigenvalue weighted by Gasteiger charge is -2.06. The molecule has 2 heterocycles. The molecule has 4 aromatic rings. The van der Waals surface area contributed by atoms with Gasteiger partial charge in [0.15, 0.2) is 0 Å². The van der Waals surface area contributed by atoms with E-state index < -0.39 is 5.97 Å². The number of nitrogens with one attached hydrogen (secondary N) is 2. The number of rotatable bonds is 3. The third-order valence-electron chi connectivity index (χ3n) is 4.00. The van der Waals surface area contributed by atoms with Crippen LogP contribution in [0.4, 0.5) is 0 Å². The van der Waals surface area contributed by atoms with Crippen molar-refractivity contribution in [2.24, 2.45) is 0 Å². The van der Waals surface area contributed by atoms with Crippen molar-refractivity contribution < 1.29 is 9.90 Å². The van der Waals surface area contributed by atoms with Crippen LogP contribution < -0.4 is 0 Å². The van der Waals surface area contributed by atoms with Gasteiger partial charge in [-0.25, -0.2) is 4.79 Å². The summed E-state index contributed by atoms with van der Waals surface area (Å²) in [5.41, 5.74) is 4.88. The number of hydrogen-bond donors (Lipinski definition) is 3. The van der Waals surface area contributed by atoms with Crippen molar-refractivity contribution in [1.29, 1.82) is 0 Å². The molecule has 2 aromatic carbocycles. The number of benzene rings is 2. The van der Waals surface area contributed by atoms with Crippen molar-refractivity contribution in [2.45, 2.75) is 0 Å². The minimum atomic E-state index is -0.963. The molecule has 0 saturated carbocycles. The number of fused-ring (bicyclic) bond motifs is 1. The first-order valence-corrected chi connectivity index (χ1v) is 7.32. The van der Waals surface area contributed by atoms with Gasteiger partial charge in [-0.15, -0.1) is 0 Å². The molecule has 0 saturated heterocycles. The zero-order valence-electron chi connectivity index (χ0n) is 12.2. The van der Waals surface area contributed by atoms with Gasteiger partial charge in [-0.1, -0.05) is 42.5 Å². The van der Waals surface area contributed by atoms with E-state index in [1.807, 2.05) is 60.8 Å². The van der Waals surface area contributed by atoms with E-state index >= 15 is 0 Å². The molecular formula is C19H14N2O2. The predicted octanol–water partition coefficient (Wildman–Crippen LogP) is 4.53. The normalized spacial score (nSPS) is 11.0. The Labute approximate surface area is 132 Å². The number of aromatic amines is 2. The Bertz CT molecular complexity index is 997. The van der Waals surface area contributed by atoms with Gasteiger partial charge in [-0.3, -0.25) is 0 Å². The van der Waals surface area contributed by atoms with Crippen LogP contribution >= 0.6 is 0 Å². The highest BCUT2D eigenvalue weighted by Crippen LogP contribution is 2.36. The summed E-state index contributed by atoms with van der Waals surface area (Å²) in [6, 6.07) is 19.5. The maximum Gasteiger partial charge on any atom is 0.352 e. The summed E-state index contributed by atoms with van der Waals surface area (Å²) in [7, 11) is 0. The van der Waals surface area contributed by atoms with Crippen LogP contribution in [0.25, 0.3) is 33.3 Å². The highest BCUT2D eigenvalue weighted by Gasteiger charge is 2.17. The maximum atomic E-state index is 11.4. The summed E-state index contributed by atoms with van der Waals surface area (Å²) in [4.78, 5) is 17.7. The summed E-state index contributed by atoms with van der Waals surface area (Å²) in [5.74, 6) is -0.963. The molecule has 0 atom stereocenters.